The highest BCUT2D eigenvalue weighted by atomic mass is 16.5. The zero-order chi connectivity index (χ0) is 19.5. The molecule has 0 fully saturated rings. The molecule has 0 aromatic heterocycles. The predicted octanol–water partition coefficient (Wildman–Crippen LogP) is 6.55. The molecule has 0 aliphatic carbocycles. The lowest BCUT2D eigenvalue weighted by molar-refractivity contribution is -0.139. The summed E-state index contributed by atoms with van der Waals surface area (Å²) in [6.45, 7) is 8.69. The monoisotopic (exact) mass is 367 g/mol. The summed E-state index contributed by atoms with van der Waals surface area (Å²) in [5.41, 5.74) is 6.30. The zero-order valence-corrected chi connectivity index (χ0v) is 17.7. The van der Waals surface area contributed by atoms with Gasteiger partial charge in [-0.25, -0.2) is 4.79 Å². The Bertz CT molecular complexity index is 341. The maximum atomic E-state index is 11.3. The van der Waals surface area contributed by atoms with Crippen molar-refractivity contribution in [1.82, 2.24) is 0 Å². The van der Waals surface area contributed by atoms with Crippen LogP contribution >= 0.6 is 0 Å². The molecule has 154 valence electrons. The van der Waals surface area contributed by atoms with Gasteiger partial charge < -0.3 is 10.5 Å². The standard InChI is InChI=1S/C23H45NO2/c1-4-5-6-7-8-9-10-11-12-13-14-15-16-17-22(20-24)18-19-26-23(25)21(2)3/h22H,2,4-20,24H2,1,3H3. The van der Waals surface area contributed by atoms with Gasteiger partial charge in [-0.05, 0) is 32.2 Å². The number of unbranched alkanes of at least 4 members (excludes halogenated alkanes) is 12. The van der Waals surface area contributed by atoms with E-state index >= 15 is 0 Å². The van der Waals surface area contributed by atoms with Gasteiger partial charge in [-0.2, -0.15) is 0 Å². The third kappa shape index (κ3) is 16.6. The summed E-state index contributed by atoms with van der Waals surface area (Å²) in [6, 6.07) is 0. The third-order valence-electron chi connectivity index (χ3n) is 5.16. The van der Waals surface area contributed by atoms with Crippen molar-refractivity contribution in [3.63, 3.8) is 0 Å². The fourth-order valence-corrected chi connectivity index (χ4v) is 3.27. The minimum Gasteiger partial charge on any atom is -0.462 e. The molecule has 0 rings (SSSR count). The smallest absolute Gasteiger partial charge is 0.333 e. The van der Waals surface area contributed by atoms with Gasteiger partial charge in [0.15, 0.2) is 0 Å². The summed E-state index contributed by atoms with van der Waals surface area (Å²) in [4.78, 5) is 11.3. The van der Waals surface area contributed by atoms with Crippen LogP contribution < -0.4 is 5.73 Å². The average Bonchev–Trinajstić information content (AvgIpc) is 2.63. The lowest BCUT2D eigenvalue weighted by atomic mass is 9.97. The third-order valence-corrected chi connectivity index (χ3v) is 5.16. The number of nitrogens with two attached hydrogens (primary N) is 1. The number of hydrogen-bond acceptors (Lipinski definition) is 3. The van der Waals surface area contributed by atoms with Crippen LogP contribution in [-0.4, -0.2) is 19.1 Å². The van der Waals surface area contributed by atoms with Crippen LogP contribution in [-0.2, 0) is 9.53 Å². The van der Waals surface area contributed by atoms with Gasteiger partial charge in [-0.15, -0.1) is 0 Å². The summed E-state index contributed by atoms with van der Waals surface area (Å²) < 4.78 is 5.16. The Balaban J connectivity index is 3.36. The molecule has 0 aromatic rings. The van der Waals surface area contributed by atoms with E-state index in [1.165, 1.54) is 83.5 Å². The summed E-state index contributed by atoms with van der Waals surface area (Å²) in [6.07, 6.45) is 20.0. The number of esters is 1. The first kappa shape index (κ1) is 25.2. The highest BCUT2D eigenvalue weighted by Crippen LogP contribution is 2.16. The number of rotatable bonds is 19. The largest absolute Gasteiger partial charge is 0.462 e. The predicted molar refractivity (Wildman–Crippen MR) is 113 cm³/mol. The summed E-state index contributed by atoms with van der Waals surface area (Å²) in [5.74, 6) is 0.183. The lowest BCUT2D eigenvalue weighted by Crippen LogP contribution is -2.18. The average molecular weight is 368 g/mol. The molecular formula is C23H45NO2. The molecule has 0 aromatic carbocycles. The zero-order valence-electron chi connectivity index (χ0n) is 17.7. The van der Waals surface area contributed by atoms with Gasteiger partial charge in [-0.1, -0.05) is 97.0 Å². The van der Waals surface area contributed by atoms with Gasteiger partial charge in [0.1, 0.15) is 0 Å². The second-order valence-electron chi connectivity index (χ2n) is 7.84. The molecule has 0 saturated heterocycles. The fourth-order valence-electron chi connectivity index (χ4n) is 3.27. The Morgan fingerprint density at radius 2 is 1.31 bits per heavy atom. The van der Waals surface area contributed by atoms with Crippen molar-refractivity contribution < 1.29 is 9.53 Å². The maximum absolute atomic E-state index is 11.3. The first-order chi connectivity index (χ1) is 12.6. The van der Waals surface area contributed by atoms with Crippen LogP contribution in [0.5, 0.6) is 0 Å². The van der Waals surface area contributed by atoms with E-state index in [1.807, 2.05) is 0 Å². The van der Waals surface area contributed by atoms with Crippen LogP contribution in [0.3, 0.4) is 0 Å². The molecule has 0 bridgehead atoms. The van der Waals surface area contributed by atoms with Crippen molar-refractivity contribution in [1.29, 1.82) is 0 Å². The van der Waals surface area contributed by atoms with Crippen molar-refractivity contribution in [2.45, 2.75) is 110 Å². The molecule has 0 amide bonds. The Morgan fingerprint density at radius 1 is 0.846 bits per heavy atom. The highest BCUT2D eigenvalue weighted by molar-refractivity contribution is 5.86. The Hall–Kier alpha value is -0.830. The van der Waals surface area contributed by atoms with Crippen LogP contribution in [0, 0.1) is 5.92 Å². The quantitative estimate of drug-likeness (QED) is 0.160. The van der Waals surface area contributed by atoms with E-state index in [9.17, 15) is 4.79 Å². The van der Waals surface area contributed by atoms with Gasteiger partial charge in [0.25, 0.3) is 0 Å². The van der Waals surface area contributed by atoms with E-state index < -0.39 is 0 Å². The first-order valence-corrected chi connectivity index (χ1v) is 11.1. The van der Waals surface area contributed by atoms with E-state index in [0.717, 1.165) is 12.8 Å². The number of hydrogen-bond donors (Lipinski definition) is 1. The van der Waals surface area contributed by atoms with E-state index in [-0.39, 0.29) is 5.97 Å². The SMILES string of the molecule is C=C(C)C(=O)OCCC(CN)CCCCCCCCCCCCCCC. The van der Waals surface area contributed by atoms with Crippen LogP contribution in [0.1, 0.15) is 110 Å². The normalized spacial score (nSPS) is 12.1. The minimum absolute atomic E-state index is 0.290. The van der Waals surface area contributed by atoms with E-state index in [2.05, 4.69) is 13.5 Å². The van der Waals surface area contributed by atoms with Crippen LogP contribution in [0.15, 0.2) is 12.2 Å². The van der Waals surface area contributed by atoms with Crippen molar-refractivity contribution in [3.05, 3.63) is 12.2 Å². The van der Waals surface area contributed by atoms with Gasteiger partial charge in [0.2, 0.25) is 0 Å². The topological polar surface area (TPSA) is 52.3 Å². The number of carbonyl (C=O) groups excluding carboxylic acids is 1. The molecule has 0 aliphatic rings. The number of ether oxygens (including phenoxy) is 1. The lowest BCUT2D eigenvalue weighted by Gasteiger charge is -2.14. The van der Waals surface area contributed by atoms with Crippen LogP contribution in [0.4, 0.5) is 0 Å². The summed E-state index contributed by atoms with van der Waals surface area (Å²) in [5, 5.41) is 0. The molecule has 0 spiro atoms. The van der Waals surface area contributed by atoms with E-state index in [4.69, 9.17) is 10.5 Å². The molecule has 3 nitrogen and oxygen atoms in total. The molecule has 0 heterocycles. The molecule has 1 atom stereocenters. The minimum atomic E-state index is -0.290. The molecule has 0 saturated carbocycles. The Kier molecular flexibility index (Phi) is 18.3. The summed E-state index contributed by atoms with van der Waals surface area (Å²) in [7, 11) is 0. The van der Waals surface area contributed by atoms with Crippen molar-refractivity contribution in [3.8, 4) is 0 Å². The second kappa shape index (κ2) is 18.9. The van der Waals surface area contributed by atoms with Crippen LogP contribution in [0.2, 0.25) is 0 Å². The molecular weight excluding hydrogens is 322 g/mol. The molecule has 2 N–H and O–H groups in total. The van der Waals surface area contributed by atoms with Gasteiger partial charge in [-0.3, -0.25) is 0 Å². The highest BCUT2D eigenvalue weighted by Gasteiger charge is 2.09. The fraction of sp³-hybridized carbons (Fsp3) is 0.870. The Morgan fingerprint density at radius 3 is 1.73 bits per heavy atom. The molecule has 0 radical (unpaired) electrons. The first-order valence-electron chi connectivity index (χ1n) is 11.1. The van der Waals surface area contributed by atoms with E-state index in [0.29, 0.717) is 24.6 Å². The molecule has 26 heavy (non-hydrogen) atoms. The Labute approximate surface area is 163 Å². The van der Waals surface area contributed by atoms with Gasteiger partial charge in [0, 0.05) is 5.57 Å². The van der Waals surface area contributed by atoms with E-state index in [1.54, 1.807) is 6.92 Å². The van der Waals surface area contributed by atoms with Crippen LogP contribution in [0.25, 0.3) is 0 Å². The van der Waals surface area contributed by atoms with Gasteiger partial charge in [0.05, 0.1) is 6.61 Å². The molecule has 1 unspecified atom stereocenters. The molecule has 0 aliphatic heterocycles. The van der Waals surface area contributed by atoms with Gasteiger partial charge >= 0.3 is 5.97 Å². The molecule has 3 heteroatoms. The summed E-state index contributed by atoms with van der Waals surface area (Å²) >= 11 is 0. The van der Waals surface area contributed by atoms with Crippen molar-refractivity contribution in [2.75, 3.05) is 13.2 Å². The maximum Gasteiger partial charge on any atom is 0.333 e. The van der Waals surface area contributed by atoms with Crippen molar-refractivity contribution >= 4 is 5.97 Å². The second-order valence-corrected chi connectivity index (χ2v) is 7.84. The van der Waals surface area contributed by atoms with Crippen molar-refractivity contribution in [2.24, 2.45) is 11.7 Å². The number of carbonyl (C=O) groups is 1.